The molecule has 2 fully saturated rings. The molecular weight excluding hydrogens is 829 g/mol. The van der Waals surface area contributed by atoms with E-state index >= 15 is 0 Å². The Labute approximate surface area is 381 Å². The Hall–Kier alpha value is -5.54. The lowest BCUT2D eigenvalue weighted by Gasteiger charge is -2.45. The Balaban J connectivity index is 1.18. The summed E-state index contributed by atoms with van der Waals surface area (Å²) in [5.41, 5.74) is 4.09. The average Bonchev–Trinajstić information content (AvgIpc) is 3.67. The van der Waals surface area contributed by atoms with Gasteiger partial charge in [0.1, 0.15) is 30.5 Å². The molecule has 0 aliphatic carbocycles. The summed E-state index contributed by atoms with van der Waals surface area (Å²) in [5, 5.41) is 0. The largest absolute Gasteiger partial charge is 0.454 e. The second kappa shape index (κ2) is 25.2. The van der Waals surface area contributed by atoms with Gasteiger partial charge in [-0.25, -0.2) is 4.79 Å². The van der Waals surface area contributed by atoms with Crippen molar-refractivity contribution in [2.75, 3.05) is 19.8 Å². The number of hydrogen-bond donors (Lipinski definition) is 0. The van der Waals surface area contributed by atoms with E-state index in [0.717, 1.165) is 28.7 Å². The molecule has 2 heterocycles. The second-order valence-electron chi connectivity index (χ2n) is 15.8. The van der Waals surface area contributed by atoms with E-state index in [0.29, 0.717) is 25.2 Å². The third kappa shape index (κ3) is 14.2. The maximum absolute atomic E-state index is 13.6. The maximum Gasteiger partial charge on any atom is 0.338 e. The predicted molar refractivity (Wildman–Crippen MR) is 241 cm³/mol. The highest BCUT2D eigenvalue weighted by molar-refractivity contribution is 5.89. The van der Waals surface area contributed by atoms with Gasteiger partial charge in [-0.15, -0.1) is 6.58 Å². The Bertz CT molecular complexity index is 2140. The molecule has 0 N–H and O–H groups in total. The van der Waals surface area contributed by atoms with E-state index in [1.165, 1.54) is 6.92 Å². The van der Waals surface area contributed by atoms with E-state index in [1.807, 2.05) is 133 Å². The van der Waals surface area contributed by atoms with E-state index in [1.54, 1.807) is 24.3 Å². The molecule has 342 valence electrons. The summed E-state index contributed by atoms with van der Waals surface area (Å²) in [6.45, 7) is 6.30. The lowest BCUT2D eigenvalue weighted by Crippen LogP contribution is -2.62. The molecule has 0 amide bonds. The van der Waals surface area contributed by atoms with Crippen LogP contribution in [0.25, 0.3) is 0 Å². The molecule has 2 aliphatic rings. The van der Waals surface area contributed by atoms with Crippen molar-refractivity contribution in [2.24, 2.45) is 0 Å². The van der Waals surface area contributed by atoms with Crippen LogP contribution in [0.3, 0.4) is 0 Å². The first-order chi connectivity index (χ1) is 31.9. The van der Waals surface area contributed by atoms with Crippen LogP contribution in [0.4, 0.5) is 0 Å². The molecule has 0 saturated carbocycles. The average molecular weight is 887 g/mol. The van der Waals surface area contributed by atoms with Crippen molar-refractivity contribution in [1.29, 1.82) is 0 Å². The zero-order valence-electron chi connectivity index (χ0n) is 36.7. The van der Waals surface area contributed by atoms with Crippen molar-refractivity contribution in [1.82, 2.24) is 0 Å². The number of esters is 2. The van der Waals surface area contributed by atoms with Crippen LogP contribution in [0.1, 0.15) is 52.4 Å². The lowest BCUT2D eigenvalue weighted by molar-refractivity contribution is -0.325. The summed E-state index contributed by atoms with van der Waals surface area (Å²) in [5.74, 6) is -1.12. The molecule has 0 spiro atoms. The van der Waals surface area contributed by atoms with Crippen molar-refractivity contribution in [2.45, 2.75) is 102 Å². The number of hydrogen-bond acceptors (Lipinski definition) is 12. The third-order valence-corrected chi connectivity index (χ3v) is 10.9. The van der Waals surface area contributed by atoms with Crippen LogP contribution in [-0.4, -0.2) is 87.1 Å². The monoisotopic (exact) mass is 886 g/mol. The highest BCUT2D eigenvalue weighted by atomic mass is 16.8. The van der Waals surface area contributed by atoms with Gasteiger partial charge in [0.05, 0.1) is 51.8 Å². The number of carbonyl (C=O) groups is 2. The summed E-state index contributed by atoms with van der Waals surface area (Å²) in [6, 6.07) is 47.7. The molecule has 5 aromatic rings. The second-order valence-corrected chi connectivity index (χ2v) is 15.8. The molecule has 0 radical (unpaired) electrons. The SMILES string of the molecule is C=CCCCO[C@H]1O[C@H](CO[C@H]2O[C@H](COCc3ccccc3)[C@@H](OCc3ccccc3)[C@H](OCc3ccccc3)[C@@H]2OC(C)=O)[C@@H](OCc2ccccc2)[C@@H]1OC(=O)c1ccccc1. The molecule has 2 aliphatic heterocycles. The molecule has 0 unspecified atom stereocenters. The van der Waals surface area contributed by atoms with Crippen molar-refractivity contribution in [3.63, 3.8) is 0 Å². The minimum Gasteiger partial charge on any atom is -0.454 e. The quantitative estimate of drug-likeness (QED) is 0.0335. The van der Waals surface area contributed by atoms with Crippen LogP contribution < -0.4 is 0 Å². The predicted octanol–water partition coefficient (Wildman–Crippen LogP) is 8.57. The van der Waals surface area contributed by atoms with Crippen LogP contribution in [-0.2, 0) is 78.6 Å². The summed E-state index contributed by atoms with van der Waals surface area (Å²) < 4.78 is 64.8. The molecule has 5 aromatic carbocycles. The van der Waals surface area contributed by atoms with Crippen molar-refractivity contribution < 1.29 is 57.0 Å². The molecule has 7 rings (SSSR count). The first-order valence-corrected chi connectivity index (χ1v) is 22.1. The fourth-order valence-corrected chi connectivity index (χ4v) is 7.69. The Morgan fingerprint density at radius 3 is 1.45 bits per heavy atom. The van der Waals surface area contributed by atoms with Gasteiger partial charge in [-0.1, -0.05) is 146 Å². The minimum absolute atomic E-state index is 0.0904. The lowest BCUT2D eigenvalue weighted by atomic mass is 9.97. The minimum atomic E-state index is -1.20. The number of unbranched alkanes of at least 4 members (excludes halogenated alkanes) is 1. The van der Waals surface area contributed by atoms with Crippen LogP contribution in [0, 0.1) is 0 Å². The topological polar surface area (TPSA) is 126 Å². The number of rotatable bonds is 24. The summed E-state index contributed by atoms with van der Waals surface area (Å²) in [7, 11) is 0. The molecule has 2 saturated heterocycles. The van der Waals surface area contributed by atoms with Gasteiger partial charge < -0.3 is 47.4 Å². The first kappa shape index (κ1) is 47.4. The van der Waals surface area contributed by atoms with Gasteiger partial charge >= 0.3 is 11.9 Å². The standard InChI is InChI=1S/C53H58O12/c1-3-4-20-31-57-52-49(65-51(55)43-29-18-9-19-30-43)47(59-34-41-25-14-7-15-26-41)45(64-52)37-61-53-50(62-38(2)54)48(60-35-42-27-16-8-17-28-42)46(58-33-40-23-12-6-13-24-40)44(63-53)36-56-32-39-21-10-5-11-22-39/h3,5-19,21-30,44-50,52-53H,1,4,20,31-37H2,2H3/t44-,45-,46-,47-,48+,49+,50+,52+,53+/m1/s1. The first-order valence-electron chi connectivity index (χ1n) is 22.1. The molecule has 0 aromatic heterocycles. The van der Waals surface area contributed by atoms with Gasteiger partial charge in [0, 0.05) is 6.92 Å². The third-order valence-electron chi connectivity index (χ3n) is 10.9. The van der Waals surface area contributed by atoms with Gasteiger partial charge in [0.25, 0.3) is 0 Å². The molecule has 12 nitrogen and oxygen atoms in total. The van der Waals surface area contributed by atoms with Gasteiger partial charge in [-0.2, -0.15) is 0 Å². The number of allylic oxidation sites excluding steroid dienone is 1. The molecule has 65 heavy (non-hydrogen) atoms. The summed E-state index contributed by atoms with van der Waals surface area (Å²) in [4.78, 5) is 26.6. The smallest absolute Gasteiger partial charge is 0.338 e. The zero-order chi connectivity index (χ0) is 45.1. The van der Waals surface area contributed by atoms with Gasteiger partial charge in [-0.05, 0) is 47.2 Å². The van der Waals surface area contributed by atoms with Gasteiger partial charge in [0.2, 0.25) is 0 Å². The fourth-order valence-electron chi connectivity index (χ4n) is 7.69. The molecule has 0 bridgehead atoms. The fraction of sp³-hybridized carbons (Fsp3) is 0.358. The highest BCUT2D eigenvalue weighted by Gasteiger charge is 2.53. The van der Waals surface area contributed by atoms with E-state index < -0.39 is 67.2 Å². The van der Waals surface area contributed by atoms with Gasteiger partial charge in [0.15, 0.2) is 24.8 Å². The number of ether oxygens (including phenoxy) is 10. The summed E-state index contributed by atoms with van der Waals surface area (Å²) >= 11 is 0. The van der Waals surface area contributed by atoms with E-state index in [2.05, 4.69) is 6.58 Å². The van der Waals surface area contributed by atoms with E-state index in [9.17, 15) is 9.59 Å². The maximum atomic E-state index is 13.6. The zero-order valence-corrected chi connectivity index (χ0v) is 36.7. The molecule has 9 atom stereocenters. The van der Waals surface area contributed by atoms with Crippen molar-refractivity contribution >= 4 is 11.9 Å². The van der Waals surface area contributed by atoms with Crippen LogP contribution in [0.5, 0.6) is 0 Å². The van der Waals surface area contributed by atoms with Crippen LogP contribution >= 0.6 is 0 Å². The van der Waals surface area contributed by atoms with Crippen LogP contribution in [0.2, 0.25) is 0 Å². The van der Waals surface area contributed by atoms with Gasteiger partial charge in [-0.3, -0.25) is 4.79 Å². The number of benzene rings is 5. The normalized spacial score (nSPS) is 24.0. The van der Waals surface area contributed by atoms with Crippen molar-refractivity contribution in [3.8, 4) is 0 Å². The van der Waals surface area contributed by atoms with E-state index in [-0.39, 0.29) is 33.0 Å². The van der Waals surface area contributed by atoms with Crippen molar-refractivity contribution in [3.05, 3.63) is 192 Å². The Morgan fingerprint density at radius 1 is 0.508 bits per heavy atom. The molecular formula is C53H58O12. The van der Waals surface area contributed by atoms with E-state index in [4.69, 9.17) is 47.4 Å². The number of carbonyl (C=O) groups excluding carboxylic acids is 2. The summed E-state index contributed by atoms with van der Waals surface area (Å²) in [6.07, 6.45) is -5.22. The Kier molecular flexibility index (Phi) is 18.4. The highest BCUT2D eigenvalue weighted by Crippen LogP contribution is 2.34. The Morgan fingerprint density at radius 2 is 0.938 bits per heavy atom. The molecule has 12 heteroatoms. The van der Waals surface area contributed by atoms with Crippen LogP contribution in [0.15, 0.2) is 164 Å².